The number of halogens is 3. The van der Waals surface area contributed by atoms with Crippen LogP contribution in [0.1, 0.15) is 42.5 Å². The molecule has 2 aromatic rings. The number of alkyl carbamates (subject to hydrolysis) is 1. The maximum Gasteiger partial charge on any atom is 0.433 e. The molecule has 0 saturated carbocycles. The highest BCUT2D eigenvalue weighted by molar-refractivity contribution is 5.95. The number of rotatable bonds is 4. The van der Waals surface area contributed by atoms with E-state index < -0.39 is 40.8 Å². The molecule has 0 aliphatic carbocycles. The third kappa shape index (κ3) is 4.99. The maximum absolute atomic E-state index is 13.3. The van der Waals surface area contributed by atoms with Crippen LogP contribution in [0.25, 0.3) is 11.1 Å². The first-order valence-electron chi connectivity index (χ1n) is 7.84. The Balaban J connectivity index is 2.43. The smallest absolute Gasteiger partial charge is 0.433 e. The normalized spacial score (nSPS) is 11.9. The number of alkyl halides is 3. The average Bonchev–Trinajstić information content (AvgIpc) is 2.96. The van der Waals surface area contributed by atoms with Crippen molar-refractivity contribution in [3.8, 4) is 11.1 Å². The van der Waals surface area contributed by atoms with E-state index in [2.05, 4.69) is 10.4 Å². The summed E-state index contributed by atoms with van der Waals surface area (Å²) in [5.41, 5.74) is -3.09. The standard InChI is InChI=1S/C17H18F3N3O4/c1-16(2,3)27-15(26)21-8-9-6-4-5-7-10(9)11-12(14(24)25)22-23-13(11)17(18,19)20/h4-7H,8H2,1-3H3,(H,21,26)(H,22,23)(H,24,25). The SMILES string of the molecule is CC(C)(C)OC(=O)NCc1ccccc1-c1c(C(=O)O)n[nH]c1C(F)(F)F. The van der Waals surface area contributed by atoms with Crippen LogP contribution in [0.4, 0.5) is 18.0 Å². The van der Waals surface area contributed by atoms with E-state index in [9.17, 15) is 27.9 Å². The molecule has 0 bridgehead atoms. The number of H-pyrrole nitrogens is 1. The summed E-state index contributed by atoms with van der Waals surface area (Å²) in [4.78, 5) is 23.1. The number of hydrogen-bond acceptors (Lipinski definition) is 4. The Bertz CT molecular complexity index is 854. The zero-order valence-corrected chi connectivity index (χ0v) is 14.8. The van der Waals surface area contributed by atoms with Crippen molar-refractivity contribution in [2.45, 2.75) is 39.1 Å². The molecule has 7 nitrogen and oxygen atoms in total. The molecule has 146 valence electrons. The summed E-state index contributed by atoms with van der Waals surface area (Å²) >= 11 is 0. The van der Waals surface area contributed by atoms with Crippen LogP contribution in [-0.2, 0) is 17.5 Å². The highest BCUT2D eigenvalue weighted by Gasteiger charge is 2.39. The molecule has 0 aliphatic rings. The molecule has 1 heterocycles. The van der Waals surface area contributed by atoms with E-state index in [4.69, 9.17) is 4.74 Å². The summed E-state index contributed by atoms with van der Waals surface area (Å²) in [6.07, 6.45) is -5.58. The van der Waals surface area contributed by atoms with Gasteiger partial charge in [0.25, 0.3) is 0 Å². The van der Waals surface area contributed by atoms with Crippen molar-refractivity contribution in [1.82, 2.24) is 15.5 Å². The van der Waals surface area contributed by atoms with Crippen molar-refractivity contribution in [1.29, 1.82) is 0 Å². The van der Waals surface area contributed by atoms with Crippen molar-refractivity contribution in [3.05, 3.63) is 41.2 Å². The molecule has 27 heavy (non-hydrogen) atoms. The van der Waals surface area contributed by atoms with Gasteiger partial charge in [-0.25, -0.2) is 9.59 Å². The maximum atomic E-state index is 13.3. The van der Waals surface area contributed by atoms with Crippen molar-refractivity contribution in [2.24, 2.45) is 0 Å². The molecule has 0 saturated heterocycles. The molecule has 10 heteroatoms. The van der Waals surface area contributed by atoms with Crippen LogP contribution < -0.4 is 5.32 Å². The second-order valence-electron chi connectivity index (χ2n) is 6.64. The molecule has 0 atom stereocenters. The largest absolute Gasteiger partial charge is 0.476 e. The number of carbonyl (C=O) groups is 2. The lowest BCUT2D eigenvalue weighted by atomic mass is 9.97. The van der Waals surface area contributed by atoms with Crippen molar-refractivity contribution >= 4 is 12.1 Å². The van der Waals surface area contributed by atoms with Gasteiger partial charge in [-0.1, -0.05) is 24.3 Å². The number of aromatic nitrogens is 2. The van der Waals surface area contributed by atoms with Crippen LogP contribution in [0.15, 0.2) is 24.3 Å². The van der Waals surface area contributed by atoms with E-state index in [0.717, 1.165) is 0 Å². The van der Waals surface area contributed by atoms with Gasteiger partial charge in [-0.15, -0.1) is 0 Å². The molecule has 0 spiro atoms. The summed E-state index contributed by atoms with van der Waals surface area (Å²) in [6.45, 7) is 4.84. The molecule has 0 radical (unpaired) electrons. The third-order valence-corrected chi connectivity index (χ3v) is 3.36. The van der Waals surface area contributed by atoms with Crippen LogP contribution in [0, 0.1) is 0 Å². The van der Waals surface area contributed by atoms with Crippen molar-refractivity contribution in [3.63, 3.8) is 0 Å². The molecular weight excluding hydrogens is 367 g/mol. The van der Waals surface area contributed by atoms with Crippen LogP contribution in [0.5, 0.6) is 0 Å². The molecule has 1 amide bonds. The van der Waals surface area contributed by atoms with Gasteiger partial charge in [0.2, 0.25) is 0 Å². The lowest BCUT2D eigenvalue weighted by Gasteiger charge is -2.20. The second kappa shape index (κ2) is 7.29. The number of amides is 1. The monoisotopic (exact) mass is 385 g/mol. The Hall–Kier alpha value is -3.04. The topological polar surface area (TPSA) is 104 Å². The summed E-state index contributed by atoms with van der Waals surface area (Å²) in [6, 6.07) is 5.83. The molecule has 0 aliphatic heterocycles. The number of nitrogens with zero attached hydrogens (tertiary/aromatic N) is 1. The highest BCUT2D eigenvalue weighted by atomic mass is 19.4. The van der Waals surface area contributed by atoms with Gasteiger partial charge >= 0.3 is 18.2 Å². The number of benzene rings is 1. The number of hydrogen-bond donors (Lipinski definition) is 3. The lowest BCUT2D eigenvalue weighted by molar-refractivity contribution is -0.140. The Kier molecular flexibility index (Phi) is 5.48. The zero-order valence-electron chi connectivity index (χ0n) is 14.8. The first-order chi connectivity index (χ1) is 12.4. The summed E-state index contributed by atoms with van der Waals surface area (Å²) < 4.78 is 45.0. The molecule has 1 aromatic carbocycles. The zero-order chi connectivity index (χ0) is 20.4. The summed E-state index contributed by atoms with van der Waals surface area (Å²) in [7, 11) is 0. The van der Waals surface area contributed by atoms with Gasteiger partial charge in [-0.3, -0.25) is 5.10 Å². The Morgan fingerprint density at radius 3 is 2.41 bits per heavy atom. The molecule has 0 fully saturated rings. The molecular formula is C17H18F3N3O4. The van der Waals surface area contributed by atoms with Crippen LogP contribution >= 0.6 is 0 Å². The molecule has 2 rings (SSSR count). The minimum Gasteiger partial charge on any atom is -0.476 e. The first kappa shape index (κ1) is 20.3. The fourth-order valence-electron chi connectivity index (χ4n) is 2.36. The summed E-state index contributed by atoms with van der Waals surface area (Å²) in [5.74, 6) is -1.60. The minimum atomic E-state index is -4.83. The predicted molar refractivity (Wildman–Crippen MR) is 89.1 cm³/mol. The number of carboxylic acid groups (broad SMARTS) is 1. The van der Waals surface area contributed by atoms with Gasteiger partial charge < -0.3 is 15.2 Å². The molecule has 0 unspecified atom stereocenters. The molecule has 3 N–H and O–H groups in total. The van der Waals surface area contributed by atoms with Gasteiger partial charge in [0.15, 0.2) is 5.69 Å². The van der Waals surface area contributed by atoms with Crippen molar-refractivity contribution < 1.29 is 32.6 Å². The van der Waals surface area contributed by atoms with E-state index >= 15 is 0 Å². The van der Waals surface area contributed by atoms with Crippen LogP contribution in [0.3, 0.4) is 0 Å². The number of aromatic amines is 1. The summed E-state index contributed by atoms with van der Waals surface area (Å²) in [5, 5.41) is 16.7. The fourth-order valence-corrected chi connectivity index (χ4v) is 2.36. The van der Waals surface area contributed by atoms with E-state index in [-0.39, 0.29) is 17.7 Å². The number of nitrogens with one attached hydrogen (secondary N) is 2. The lowest BCUT2D eigenvalue weighted by Crippen LogP contribution is -2.32. The van der Waals surface area contributed by atoms with E-state index in [0.29, 0.717) is 0 Å². The van der Waals surface area contributed by atoms with E-state index in [1.54, 1.807) is 31.9 Å². The fraction of sp³-hybridized carbons (Fsp3) is 0.353. The second-order valence-corrected chi connectivity index (χ2v) is 6.64. The van der Waals surface area contributed by atoms with Crippen LogP contribution in [-0.4, -0.2) is 33.0 Å². The van der Waals surface area contributed by atoms with Gasteiger partial charge in [0, 0.05) is 12.1 Å². The van der Waals surface area contributed by atoms with Crippen molar-refractivity contribution in [2.75, 3.05) is 0 Å². The van der Waals surface area contributed by atoms with Gasteiger partial charge in [0.05, 0.1) is 0 Å². The number of carbonyl (C=O) groups excluding carboxylic acids is 1. The number of carboxylic acids is 1. The quantitative estimate of drug-likeness (QED) is 0.742. The number of ether oxygens (including phenoxy) is 1. The predicted octanol–water partition coefficient (Wildman–Crippen LogP) is 3.82. The minimum absolute atomic E-state index is 0.00738. The van der Waals surface area contributed by atoms with Gasteiger partial charge in [-0.2, -0.15) is 18.3 Å². The average molecular weight is 385 g/mol. The molecule has 1 aromatic heterocycles. The first-order valence-corrected chi connectivity index (χ1v) is 7.84. The van der Waals surface area contributed by atoms with Crippen LogP contribution in [0.2, 0.25) is 0 Å². The van der Waals surface area contributed by atoms with E-state index in [1.807, 2.05) is 0 Å². The van der Waals surface area contributed by atoms with Gasteiger partial charge in [0.1, 0.15) is 11.3 Å². The Morgan fingerprint density at radius 2 is 1.85 bits per heavy atom. The Morgan fingerprint density at radius 1 is 1.22 bits per heavy atom. The third-order valence-electron chi connectivity index (χ3n) is 3.36. The Labute approximate surface area is 152 Å². The van der Waals surface area contributed by atoms with Gasteiger partial charge in [-0.05, 0) is 31.9 Å². The highest BCUT2D eigenvalue weighted by Crippen LogP contribution is 2.38. The number of aromatic carboxylic acids is 1. The van der Waals surface area contributed by atoms with E-state index in [1.165, 1.54) is 18.2 Å².